The zero-order valence-corrected chi connectivity index (χ0v) is 22.5. The summed E-state index contributed by atoms with van der Waals surface area (Å²) in [4.78, 5) is 45.3. The van der Waals surface area contributed by atoms with Gasteiger partial charge in [0.05, 0.1) is 42.0 Å². The maximum absolute atomic E-state index is 14.5. The summed E-state index contributed by atoms with van der Waals surface area (Å²) < 4.78 is 12.3. The molecule has 9 heteroatoms. The Morgan fingerprint density at radius 1 is 1.16 bits per heavy atom. The normalized spacial score (nSPS) is 33.6. The highest BCUT2D eigenvalue weighted by molar-refractivity contribution is 6.34. The summed E-state index contributed by atoms with van der Waals surface area (Å²) in [6.07, 6.45) is 9.83. The topological polar surface area (TPSA) is 96.4 Å². The smallest absolute Gasteiger partial charge is 0.312 e. The first kappa shape index (κ1) is 26.9. The molecule has 0 saturated carbocycles. The number of anilines is 1. The maximum Gasteiger partial charge on any atom is 0.312 e. The number of benzene rings is 1. The van der Waals surface area contributed by atoms with E-state index in [4.69, 9.17) is 21.1 Å². The van der Waals surface area contributed by atoms with Crippen LogP contribution in [0.5, 0.6) is 0 Å². The summed E-state index contributed by atoms with van der Waals surface area (Å²) in [7, 11) is 0. The van der Waals surface area contributed by atoms with Gasteiger partial charge in [0.25, 0.3) is 5.91 Å². The third kappa shape index (κ3) is 4.27. The van der Waals surface area contributed by atoms with Gasteiger partial charge in [-0.25, -0.2) is 0 Å². The molecule has 38 heavy (non-hydrogen) atoms. The standard InChI is InChI=1S/C29H35ClN2O6/c1-3-18(2)21(17-33)32-25-27(35)31(20-12-8-7-11-19(20)30)15-10-14-29(25)24(26(32)34)23-22(38-29)13-6-4-5-9-16-37-28(23)36/h6-8,10-14,18,21-25,33H,3-5,9,15-17H2,1-2H3/b13-6-/t18-,21-,22+,23-,24-,25?,29-/m0/s1. The SMILES string of the molecule is CC[C@H](C)[C@H](CO)N1C(=O)[C@@H]2[C@H]3C(=O)OCCCC/C=C\[C@H]3O[C@@]23C=CCN(c2ccccc2Cl)C(=O)C13. The Morgan fingerprint density at radius 3 is 2.68 bits per heavy atom. The lowest BCUT2D eigenvalue weighted by molar-refractivity contribution is -0.155. The van der Waals surface area contributed by atoms with Crippen LogP contribution in [0.3, 0.4) is 0 Å². The molecule has 4 heterocycles. The van der Waals surface area contributed by atoms with Crippen LogP contribution in [0.1, 0.15) is 39.5 Å². The van der Waals surface area contributed by atoms with E-state index in [9.17, 15) is 19.5 Å². The number of para-hydroxylation sites is 1. The third-order valence-electron chi connectivity index (χ3n) is 8.53. The fraction of sp³-hybridized carbons (Fsp3) is 0.552. The number of aliphatic hydroxyl groups excluding tert-OH is 1. The fourth-order valence-electron chi connectivity index (χ4n) is 6.41. The molecule has 1 aromatic carbocycles. The summed E-state index contributed by atoms with van der Waals surface area (Å²) >= 11 is 6.50. The molecular formula is C29H35ClN2O6. The van der Waals surface area contributed by atoms with Crippen LogP contribution in [0.2, 0.25) is 5.02 Å². The highest BCUT2D eigenvalue weighted by atomic mass is 35.5. The van der Waals surface area contributed by atoms with Gasteiger partial charge in [0.1, 0.15) is 17.6 Å². The van der Waals surface area contributed by atoms with Crippen molar-refractivity contribution < 1.29 is 29.0 Å². The zero-order valence-electron chi connectivity index (χ0n) is 21.8. The molecule has 0 aromatic heterocycles. The van der Waals surface area contributed by atoms with E-state index in [1.165, 1.54) is 4.90 Å². The number of cyclic esters (lactones) is 1. The van der Waals surface area contributed by atoms with Crippen molar-refractivity contribution in [3.8, 4) is 0 Å². The summed E-state index contributed by atoms with van der Waals surface area (Å²) in [6.45, 7) is 4.11. The number of allylic oxidation sites excluding steroid dienone is 1. The summed E-state index contributed by atoms with van der Waals surface area (Å²) in [5.74, 6) is -3.18. The van der Waals surface area contributed by atoms with Gasteiger partial charge < -0.3 is 24.4 Å². The predicted octanol–water partition coefficient (Wildman–Crippen LogP) is 3.51. The van der Waals surface area contributed by atoms with Gasteiger partial charge in [0.2, 0.25) is 5.91 Å². The second kappa shape index (κ2) is 10.8. The first-order chi connectivity index (χ1) is 18.4. The first-order valence-electron chi connectivity index (χ1n) is 13.5. The second-order valence-corrected chi connectivity index (χ2v) is 11.0. The quantitative estimate of drug-likeness (QED) is 0.452. The minimum Gasteiger partial charge on any atom is -0.465 e. The minimum absolute atomic E-state index is 0.0969. The van der Waals surface area contributed by atoms with Crippen molar-refractivity contribution >= 4 is 35.1 Å². The van der Waals surface area contributed by atoms with Crippen LogP contribution in [-0.2, 0) is 23.9 Å². The van der Waals surface area contributed by atoms with Crippen LogP contribution in [0, 0.1) is 17.8 Å². The lowest BCUT2D eigenvalue weighted by atomic mass is 9.78. The Hall–Kier alpha value is -2.68. The summed E-state index contributed by atoms with van der Waals surface area (Å²) in [6, 6.07) is 5.36. The van der Waals surface area contributed by atoms with E-state index >= 15 is 0 Å². The van der Waals surface area contributed by atoms with Crippen molar-refractivity contribution in [3.05, 3.63) is 53.6 Å². The predicted molar refractivity (Wildman–Crippen MR) is 142 cm³/mol. The number of fused-ring (bicyclic) bond motifs is 2. The van der Waals surface area contributed by atoms with Crippen molar-refractivity contribution in [1.82, 2.24) is 4.90 Å². The molecular weight excluding hydrogens is 508 g/mol. The molecule has 0 bridgehead atoms. The number of hydrogen-bond donors (Lipinski definition) is 1. The van der Waals surface area contributed by atoms with Crippen LogP contribution >= 0.6 is 11.6 Å². The fourth-order valence-corrected chi connectivity index (χ4v) is 6.65. The van der Waals surface area contributed by atoms with Gasteiger partial charge in [-0.1, -0.05) is 68.3 Å². The number of rotatable bonds is 5. The van der Waals surface area contributed by atoms with E-state index < -0.39 is 41.6 Å². The molecule has 5 rings (SSSR count). The van der Waals surface area contributed by atoms with Crippen molar-refractivity contribution in [1.29, 1.82) is 0 Å². The van der Waals surface area contributed by atoms with Gasteiger partial charge in [0, 0.05) is 6.54 Å². The number of aliphatic hydroxyl groups is 1. The molecule has 1 spiro atoms. The molecule has 2 fully saturated rings. The van der Waals surface area contributed by atoms with Gasteiger partial charge in [-0.2, -0.15) is 0 Å². The van der Waals surface area contributed by atoms with Gasteiger partial charge in [-0.15, -0.1) is 0 Å². The molecule has 1 unspecified atom stereocenters. The number of carbonyl (C=O) groups is 3. The number of esters is 1. The Bertz CT molecular complexity index is 1150. The number of halogens is 1. The second-order valence-electron chi connectivity index (χ2n) is 10.6. The Labute approximate surface area is 228 Å². The minimum atomic E-state index is -1.39. The van der Waals surface area contributed by atoms with E-state index in [1.807, 2.05) is 32.1 Å². The van der Waals surface area contributed by atoms with E-state index in [2.05, 4.69) is 0 Å². The average molecular weight is 543 g/mol. The lowest BCUT2D eigenvalue weighted by Gasteiger charge is -2.40. The molecule has 4 aliphatic heterocycles. The molecule has 2 saturated heterocycles. The average Bonchev–Trinajstić information content (AvgIpc) is 3.30. The van der Waals surface area contributed by atoms with E-state index in [-0.39, 0.29) is 37.5 Å². The Morgan fingerprint density at radius 2 is 1.95 bits per heavy atom. The molecule has 0 radical (unpaired) electrons. The highest BCUT2D eigenvalue weighted by Crippen LogP contribution is 2.54. The van der Waals surface area contributed by atoms with E-state index in [1.54, 1.807) is 35.2 Å². The molecule has 1 aromatic rings. The number of hydrogen-bond acceptors (Lipinski definition) is 6. The van der Waals surface area contributed by atoms with E-state index in [0.29, 0.717) is 17.1 Å². The van der Waals surface area contributed by atoms with Crippen LogP contribution in [-0.4, -0.2) is 71.3 Å². The Kier molecular flexibility index (Phi) is 7.67. The van der Waals surface area contributed by atoms with Crippen molar-refractivity contribution in [3.63, 3.8) is 0 Å². The van der Waals surface area contributed by atoms with Crippen molar-refractivity contribution in [2.45, 2.75) is 63.3 Å². The van der Waals surface area contributed by atoms with Gasteiger partial charge >= 0.3 is 5.97 Å². The molecule has 8 nitrogen and oxygen atoms in total. The molecule has 1 N–H and O–H groups in total. The van der Waals surface area contributed by atoms with Crippen LogP contribution in [0.15, 0.2) is 48.6 Å². The molecule has 204 valence electrons. The molecule has 4 aliphatic rings. The largest absolute Gasteiger partial charge is 0.465 e. The van der Waals surface area contributed by atoms with Crippen molar-refractivity contribution in [2.24, 2.45) is 17.8 Å². The van der Waals surface area contributed by atoms with Gasteiger partial charge in [-0.05, 0) is 37.3 Å². The third-order valence-corrected chi connectivity index (χ3v) is 8.85. The molecule has 7 atom stereocenters. The molecule has 0 aliphatic carbocycles. The highest BCUT2D eigenvalue weighted by Gasteiger charge is 2.72. The number of nitrogens with zero attached hydrogens (tertiary/aromatic N) is 2. The Balaban J connectivity index is 1.66. The number of amides is 2. The monoisotopic (exact) mass is 542 g/mol. The number of ether oxygens (including phenoxy) is 2. The van der Waals surface area contributed by atoms with Crippen LogP contribution in [0.4, 0.5) is 5.69 Å². The van der Waals surface area contributed by atoms with Crippen molar-refractivity contribution in [2.75, 3.05) is 24.7 Å². The maximum atomic E-state index is 14.5. The van der Waals surface area contributed by atoms with Crippen LogP contribution < -0.4 is 4.90 Å². The zero-order chi connectivity index (χ0) is 27.0. The first-order valence-corrected chi connectivity index (χ1v) is 13.9. The summed E-state index contributed by atoms with van der Waals surface area (Å²) in [5, 5.41) is 10.9. The lowest BCUT2D eigenvalue weighted by Crippen LogP contribution is -2.59. The summed E-state index contributed by atoms with van der Waals surface area (Å²) in [5.41, 5.74) is -0.866. The number of likely N-dealkylation sites (tertiary alicyclic amines) is 1. The van der Waals surface area contributed by atoms with Crippen LogP contribution in [0.25, 0.3) is 0 Å². The van der Waals surface area contributed by atoms with Gasteiger partial charge in [0.15, 0.2) is 0 Å². The van der Waals surface area contributed by atoms with Gasteiger partial charge in [-0.3, -0.25) is 14.4 Å². The van der Waals surface area contributed by atoms with E-state index in [0.717, 1.165) is 19.3 Å². The number of carbonyl (C=O) groups excluding carboxylic acids is 3. The molecule has 2 amide bonds.